The lowest BCUT2D eigenvalue weighted by Crippen LogP contribution is -2.44. The van der Waals surface area contributed by atoms with Gasteiger partial charge in [-0.1, -0.05) is 35.9 Å². The number of halogens is 1. The number of anilines is 1. The first-order chi connectivity index (χ1) is 14.4. The normalized spacial score (nSPS) is 20.5. The van der Waals surface area contributed by atoms with Crippen molar-refractivity contribution in [1.29, 1.82) is 0 Å². The average molecular weight is 428 g/mol. The molecule has 2 N–H and O–H groups in total. The van der Waals surface area contributed by atoms with Crippen molar-refractivity contribution in [2.45, 2.75) is 31.2 Å². The topological polar surface area (TPSA) is 87.7 Å². The van der Waals surface area contributed by atoms with Gasteiger partial charge in [0.15, 0.2) is 0 Å². The van der Waals surface area contributed by atoms with Gasteiger partial charge < -0.3 is 15.4 Å². The van der Waals surface area contributed by atoms with Crippen LogP contribution in [-0.4, -0.2) is 36.4 Å². The highest BCUT2D eigenvalue weighted by Gasteiger charge is 2.53. The van der Waals surface area contributed by atoms with Crippen LogP contribution in [0.3, 0.4) is 0 Å². The molecule has 2 aromatic rings. The highest BCUT2D eigenvalue weighted by Crippen LogP contribution is 2.39. The van der Waals surface area contributed by atoms with Crippen LogP contribution < -0.4 is 15.4 Å². The zero-order chi connectivity index (χ0) is 21.3. The third-order valence-electron chi connectivity index (χ3n) is 5.64. The van der Waals surface area contributed by atoms with Crippen molar-refractivity contribution in [2.24, 2.45) is 0 Å². The van der Waals surface area contributed by atoms with Crippen molar-refractivity contribution in [3.63, 3.8) is 0 Å². The van der Waals surface area contributed by atoms with Crippen molar-refractivity contribution in [3.05, 3.63) is 58.6 Å². The second kappa shape index (κ2) is 7.99. The number of fused-ring (bicyclic) bond motifs is 2. The molecule has 8 heteroatoms. The van der Waals surface area contributed by atoms with Gasteiger partial charge in [-0.3, -0.25) is 14.5 Å². The van der Waals surface area contributed by atoms with E-state index in [1.165, 1.54) is 7.11 Å². The van der Waals surface area contributed by atoms with Gasteiger partial charge in [-0.2, -0.15) is 0 Å². The highest BCUT2D eigenvalue weighted by molar-refractivity contribution is 6.31. The number of carbonyl (C=O) groups excluding carboxylic acids is 3. The molecule has 1 atom stereocenters. The number of carbonyl (C=O) groups is 3. The molecule has 4 rings (SSSR count). The largest absolute Gasteiger partial charge is 0.495 e. The van der Waals surface area contributed by atoms with Gasteiger partial charge in [0.25, 0.3) is 5.91 Å². The quantitative estimate of drug-likeness (QED) is 0.731. The van der Waals surface area contributed by atoms with Crippen LogP contribution in [0.5, 0.6) is 5.75 Å². The Morgan fingerprint density at radius 3 is 2.83 bits per heavy atom. The molecule has 30 heavy (non-hydrogen) atoms. The van der Waals surface area contributed by atoms with E-state index in [0.29, 0.717) is 22.9 Å². The molecule has 2 aliphatic rings. The zero-order valence-corrected chi connectivity index (χ0v) is 17.3. The second-order valence-electron chi connectivity index (χ2n) is 7.48. The standard InChI is InChI=1S/C22H22ClN3O4/c1-30-18-10-9-15(23)12-17(18)24-19(27)13-26-20(28)22(25-21(26)29)11-5-4-7-14-6-2-3-8-16(14)22/h2-3,6,8-10,12H,4-5,7,11,13H2,1H3,(H,24,27)(H,25,29)/t22-/m1/s1. The Balaban J connectivity index is 1.57. The Morgan fingerprint density at radius 2 is 2.03 bits per heavy atom. The van der Waals surface area contributed by atoms with Gasteiger partial charge in [-0.25, -0.2) is 4.79 Å². The first kappa shape index (κ1) is 20.2. The van der Waals surface area contributed by atoms with Gasteiger partial charge in [-0.15, -0.1) is 0 Å². The van der Waals surface area contributed by atoms with Gasteiger partial charge >= 0.3 is 6.03 Å². The van der Waals surface area contributed by atoms with Gasteiger partial charge in [0.05, 0.1) is 12.8 Å². The summed E-state index contributed by atoms with van der Waals surface area (Å²) in [5.74, 6) is -0.479. The summed E-state index contributed by atoms with van der Waals surface area (Å²) in [4.78, 5) is 39.7. The first-order valence-electron chi connectivity index (χ1n) is 9.80. The third-order valence-corrected chi connectivity index (χ3v) is 5.87. The number of methoxy groups -OCH3 is 1. The molecule has 1 aliphatic carbocycles. The van der Waals surface area contributed by atoms with Crippen molar-refractivity contribution in [3.8, 4) is 5.75 Å². The Morgan fingerprint density at radius 1 is 1.23 bits per heavy atom. The molecular weight excluding hydrogens is 406 g/mol. The van der Waals surface area contributed by atoms with Crippen molar-refractivity contribution in [2.75, 3.05) is 19.0 Å². The zero-order valence-electron chi connectivity index (χ0n) is 16.5. The van der Waals surface area contributed by atoms with Crippen LogP contribution in [0.4, 0.5) is 10.5 Å². The summed E-state index contributed by atoms with van der Waals surface area (Å²) in [5, 5.41) is 5.97. The lowest BCUT2D eigenvalue weighted by atomic mass is 9.84. The summed E-state index contributed by atoms with van der Waals surface area (Å²) in [6, 6.07) is 11.9. The molecule has 0 bridgehead atoms. The molecule has 1 heterocycles. The SMILES string of the molecule is COc1ccc(Cl)cc1NC(=O)CN1C(=O)N[C@@]2(CCCCc3ccccc32)C1=O. The summed E-state index contributed by atoms with van der Waals surface area (Å²) < 4.78 is 5.22. The van der Waals surface area contributed by atoms with E-state index in [1.54, 1.807) is 18.2 Å². The van der Waals surface area contributed by atoms with Crippen LogP contribution in [0, 0.1) is 0 Å². The molecule has 1 saturated heterocycles. The minimum Gasteiger partial charge on any atom is -0.495 e. The fraction of sp³-hybridized carbons (Fsp3) is 0.318. The minimum absolute atomic E-state index is 0.372. The molecule has 0 unspecified atom stereocenters. The number of amides is 4. The molecule has 7 nitrogen and oxygen atoms in total. The molecule has 1 aliphatic heterocycles. The Hall–Kier alpha value is -3.06. The molecule has 156 valence electrons. The maximum atomic E-state index is 13.4. The lowest BCUT2D eigenvalue weighted by molar-refractivity contribution is -0.134. The number of hydrogen-bond donors (Lipinski definition) is 2. The predicted molar refractivity (Wildman–Crippen MR) is 113 cm³/mol. The van der Waals surface area contributed by atoms with E-state index in [1.807, 2.05) is 24.3 Å². The Kier molecular flexibility index (Phi) is 5.39. The van der Waals surface area contributed by atoms with E-state index < -0.39 is 29.9 Å². The molecule has 0 aromatic heterocycles. The highest BCUT2D eigenvalue weighted by atomic mass is 35.5. The van der Waals surface area contributed by atoms with Gasteiger partial charge in [0.2, 0.25) is 5.91 Å². The van der Waals surface area contributed by atoms with Crippen LogP contribution >= 0.6 is 11.6 Å². The van der Waals surface area contributed by atoms with Crippen LogP contribution in [-0.2, 0) is 21.5 Å². The lowest BCUT2D eigenvalue weighted by Gasteiger charge is -2.27. The van der Waals surface area contributed by atoms with Crippen LogP contribution in [0.1, 0.15) is 30.4 Å². The van der Waals surface area contributed by atoms with E-state index in [9.17, 15) is 14.4 Å². The predicted octanol–water partition coefficient (Wildman–Crippen LogP) is 3.46. The van der Waals surface area contributed by atoms with Gasteiger partial charge in [0.1, 0.15) is 17.8 Å². The molecule has 0 saturated carbocycles. The van der Waals surface area contributed by atoms with Crippen molar-refractivity contribution >= 4 is 35.1 Å². The Bertz CT molecular complexity index is 1030. The second-order valence-corrected chi connectivity index (χ2v) is 7.92. The van der Waals surface area contributed by atoms with E-state index in [2.05, 4.69) is 10.6 Å². The number of nitrogens with zero attached hydrogens (tertiary/aromatic N) is 1. The number of rotatable bonds is 4. The summed E-state index contributed by atoms with van der Waals surface area (Å²) in [7, 11) is 1.48. The molecule has 4 amide bonds. The monoisotopic (exact) mass is 427 g/mol. The number of ether oxygens (including phenoxy) is 1. The molecule has 0 radical (unpaired) electrons. The summed E-state index contributed by atoms with van der Waals surface area (Å²) in [6.07, 6.45) is 3.11. The molecule has 1 spiro atoms. The number of benzene rings is 2. The van der Waals surface area contributed by atoms with Crippen LogP contribution in [0.2, 0.25) is 5.02 Å². The average Bonchev–Trinajstić information content (AvgIpc) is 2.87. The summed E-state index contributed by atoms with van der Waals surface area (Å²) >= 11 is 6.00. The molecule has 2 aromatic carbocycles. The smallest absolute Gasteiger partial charge is 0.325 e. The van der Waals surface area contributed by atoms with Gasteiger partial charge in [-0.05, 0) is 55.0 Å². The van der Waals surface area contributed by atoms with E-state index >= 15 is 0 Å². The summed E-state index contributed by atoms with van der Waals surface area (Å²) in [5.41, 5.74) is 1.13. The van der Waals surface area contributed by atoms with E-state index in [4.69, 9.17) is 16.3 Å². The number of urea groups is 1. The Labute approximate surface area is 179 Å². The van der Waals surface area contributed by atoms with E-state index in [0.717, 1.165) is 35.3 Å². The number of hydrogen-bond acceptors (Lipinski definition) is 4. The number of aryl methyl sites for hydroxylation is 1. The van der Waals surface area contributed by atoms with Gasteiger partial charge in [0, 0.05) is 5.02 Å². The third kappa shape index (κ3) is 3.50. The fourth-order valence-corrected chi connectivity index (χ4v) is 4.40. The number of nitrogens with one attached hydrogen (secondary N) is 2. The summed E-state index contributed by atoms with van der Waals surface area (Å²) in [6.45, 7) is -0.399. The number of imide groups is 1. The molecular formula is C22H22ClN3O4. The maximum absolute atomic E-state index is 13.4. The van der Waals surface area contributed by atoms with Crippen LogP contribution in [0.25, 0.3) is 0 Å². The van der Waals surface area contributed by atoms with Crippen molar-refractivity contribution in [1.82, 2.24) is 10.2 Å². The van der Waals surface area contributed by atoms with E-state index in [-0.39, 0.29) is 0 Å². The van der Waals surface area contributed by atoms with Crippen molar-refractivity contribution < 1.29 is 19.1 Å². The minimum atomic E-state index is -1.11. The maximum Gasteiger partial charge on any atom is 0.325 e. The first-order valence-corrected chi connectivity index (χ1v) is 10.2. The van der Waals surface area contributed by atoms with Crippen LogP contribution in [0.15, 0.2) is 42.5 Å². The molecule has 1 fully saturated rings. The fourth-order valence-electron chi connectivity index (χ4n) is 4.23.